The zero-order valence-electron chi connectivity index (χ0n) is 23.6. The number of nitrogens with zero attached hydrogens (tertiary/aromatic N) is 5. The Balaban J connectivity index is 0.000000721. The summed E-state index contributed by atoms with van der Waals surface area (Å²) in [5, 5.41) is 21.4. The third-order valence-corrected chi connectivity index (χ3v) is 5.66. The summed E-state index contributed by atoms with van der Waals surface area (Å²) >= 11 is 0. The maximum atomic E-state index is 10.6. The van der Waals surface area contributed by atoms with Crippen molar-refractivity contribution in [1.82, 2.24) is 24.3 Å². The molecule has 2 aromatic rings. The number of aromatic nitrogens is 3. The number of rotatable bonds is 5. The highest BCUT2D eigenvalue weighted by Crippen LogP contribution is 2.27. The summed E-state index contributed by atoms with van der Waals surface area (Å²) < 4.78 is 97.6. The zero-order chi connectivity index (χ0) is 34.6. The van der Waals surface area contributed by atoms with Crippen molar-refractivity contribution < 1.29 is 69.2 Å². The Labute approximate surface area is 244 Å². The van der Waals surface area contributed by atoms with Gasteiger partial charge in [0.25, 0.3) is 0 Å². The zero-order valence-corrected chi connectivity index (χ0v) is 23.6. The Kier molecular flexibility index (Phi) is 15.3. The predicted octanol–water partition coefficient (Wildman–Crippen LogP) is 4.60. The fourth-order valence-electron chi connectivity index (χ4n) is 3.11. The summed E-state index contributed by atoms with van der Waals surface area (Å²) in [4.78, 5) is 40.4. The molecule has 0 aromatic carbocycles. The first-order valence-electron chi connectivity index (χ1n) is 12.2. The van der Waals surface area contributed by atoms with E-state index in [2.05, 4.69) is 65.5 Å². The van der Waals surface area contributed by atoms with E-state index in [-0.39, 0.29) is 0 Å². The average molecular weight is 656 g/mol. The Morgan fingerprint density at radius 2 is 1.30 bits per heavy atom. The number of aliphatic carboxylic acids is 3. The van der Waals surface area contributed by atoms with Crippen LogP contribution in [0.5, 0.6) is 0 Å². The second kappa shape index (κ2) is 16.8. The number of hydrogen-bond acceptors (Lipinski definition) is 7. The van der Waals surface area contributed by atoms with Crippen molar-refractivity contribution in [2.45, 2.75) is 71.0 Å². The van der Waals surface area contributed by atoms with Gasteiger partial charge in [-0.3, -0.25) is 14.8 Å². The van der Waals surface area contributed by atoms with Crippen molar-refractivity contribution >= 4 is 17.9 Å². The lowest BCUT2D eigenvalue weighted by Crippen LogP contribution is -2.37. The topological polar surface area (TPSA) is 149 Å². The van der Waals surface area contributed by atoms with Gasteiger partial charge in [0.05, 0.1) is 11.7 Å². The van der Waals surface area contributed by atoms with Crippen LogP contribution in [0.4, 0.5) is 39.5 Å². The lowest BCUT2D eigenvalue weighted by atomic mass is 10.1. The summed E-state index contributed by atoms with van der Waals surface area (Å²) in [7, 11) is 2.17. The van der Waals surface area contributed by atoms with Gasteiger partial charge in [-0.2, -0.15) is 39.5 Å². The van der Waals surface area contributed by atoms with Gasteiger partial charge in [0, 0.05) is 50.8 Å². The monoisotopic (exact) mass is 655 g/mol. The van der Waals surface area contributed by atoms with E-state index in [1.165, 1.54) is 17.1 Å². The molecule has 20 heteroatoms. The Hall–Kier alpha value is -3.94. The van der Waals surface area contributed by atoms with E-state index < -0.39 is 36.4 Å². The fourth-order valence-corrected chi connectivity index (χ4v) is 3.11. The number of carboxylic acid groups (broad SMARTS) is 3. The summed E-state index contributed by atoms with van der Waals surface area (Å²) in [6.07, 6.45) is -9.46. The highest BCUT2D eigenvalue weighted by atomic mass is 19.4. The molecule has 0 radical (unpaired) electrons. The minimum absolute atomic E-state index is 0.343. The molecule has 1 atom stereocenters. The minimum Gasteiger partial charge on any atom is -0.475 e. The molecule has 3 N–H and O–H groups in total. The highest BCUT2D eigenvalue weighted by Gasteiger charge is 2.39. The third kappa shape index (κ3) is 14.5. The number of halogens is 9. The van der Waals surface area contributed by atoms with Gasteiger partial charge >= 0.3 is 36.4 Å². The van der Waals surface area contributed by atoms with Crippen LogP contribution in [0.25, 0.3) is 0 Å². The quantitative estimate of drug-likeness (QED) is 0.391. The molecule has 0 saturated carbocycles. The first kappa shape index (κ1) is 40.1. The number of carboxylic acids is 3. The Morgan fingerprint density at radius 3 is 1.66 bits per heavy atom. The van der Waals surface area contributed by atoms with E-state index in [1.54, 1.807) is 0 Å². The summed E-state index contributed by atoms with van der Waals surface area (Å²) in [5.41, 5.74) is 2.64. The van der Waals surface area contributed by atoms with Crippen molar-refractivity contribution in [3.8, 4) is 0 Å². The van der Waals surface area contributed by atoms with Gasteiger partial charge < -0.3 is 19.9 Å². The van der Waals surface area contributed by atoms with Crippen LogP contribution in [0, 0.1) is 0 Å². The Bertz CT molecular complexity index is 1140. The third-order valence-electron chi connectivity index (χ3n) is 5.66. The smallest absolute Gasteiger partial charge is 0.475 e. The molecule has 1 aliphatic heterocycles. The van der Waals surface area contributed by atoms with E-state index in [0.717, 1.165) is 26.2 Å². The lowest BCUT2D eigenvalue weighted by molar-refractivity contribution is -0.193. The van der Waals surface area contributed by atoms with Gasteiger partial charge in [-0.25, -0.2) is 19.4 Å². The molecule has 2 aromatic heterocycles. The summed E-state index contributed by atoms with van der Waals surface area (Å²) in [5.74, 6) is -7.08. The van der Waals surface area contributed by atoms with E-state index in [1.807, 2.05) is 12.4 Å². The van der Waals surface area contributed by atoms with E-state index in [9.17, 15) is 39.5 Å². The molecule has 0 aliphatic carbocycles. The number of fused-ring (bicyclic) bond motifs is 1. The molecule has 44 heavy (non-hydrogen) atoms. The van der Waals surface area contributed by atoms with Gasteiger partial charge in [-0.15, -0.1) is 0 Å². The van der Waals surface area contributed by atoms with Crippen LogP contribution in [-0.4, -0.2) is 95.7 Å². The minimum atomic E-state index is -5.08. The first-order chi connectivity index (χ1) is 19.9. The number of imidazole rings is 1. The largest absolute Gasteiger partial charge is 0.490 e. The van der Waals surface area contributed by atoms with Crippen LogP contribution in [-0.2, 0) is 34.0 Å². The number of pyridine rings is 1. The predicted molar refractivity (Wildman–Crippen MR) is 133 cm³/mol. The maximum Gasteiger partial charge on any atom is 0.490 e. The van der Waals surface area contributed by atoms with Gasteiger partial charge in [0.15, 0.2) is 0 Å². The first-order valence-corrected chi connectivity index (χ1v) is 12.2. The SMILES string of the molecule is CC(C)N(C)Cc1cnc2n1CCN(Cc1ccncc1)C2C.O=C(O)C(F)(F)F.O=C(O)C(F)(F)F.O=C(O)C(F)(F)F. The molecule has 250 valence electrons. The molecule has 3 heterocycles. The van der Waals surface area contributed by atoms with Crippen LogP contribution in [0.3, 0.4) is 0 Å². The molecule has 0 fully saturated rings. The lowest BCUT2D eigenvalue weighted by Gasteiger charge is -2.35. The standard InChI is InChI=1S/C18H27N5.3C2HF3O2/c1-14(2)21(4)13-17-11-20-18-15(3)22(9-10-23(17)18)12-16-5-7-19-8-6-16;3*3-2(4,5)1(6)7/h5-8,11,14-15H,9-10,12-13H2,1-4H3;3*(H,6,7). The Morgan fingerprint density at radius 1 is 0.886 bits per heavy atom. The van der Waals surface area contributed by atoms with E-state index in [0.29, 0.717) is 12.1 Å². The second-order valence-corrected chi connectivity index (χ2v) is 9.18. The van der Waals surface area contributed by atoms with Crippen molar-refractivity contribution in [3.63, 3.8) is 0 Å². The fraction of sp³-hybridized carbons (Fsp3) is 0.542. The summed E-state index contributed by atoms with van der Waals surface area (Å²) in [6.45, 7) is 10.7. The van der Waals surface area contributed by atoms with Gasteiger partial charge in [0.2, 0.25) is 0 Å². The normalized spacial score (nSPS) is 15.1. The van der Waals surface area contributed by atoms with Gasteiger partial charge in [-0.1, -0.05) is 0 Å². The molecule has 3 rings (SSSR count). The summed E-state index contributed by atoms with van der Waals surface area (Å²) in [6, 6.07) is 5.08. The van der Waals surface area contributed by atoms with Crippen molar-refractivity contribution in [2.24, 2.45) is 0 Å². The maximum absolute atomic E-state index is 10.6. The molecular formula is C24H30F9N5O6. The molecule has 0 saturated heterocycles. The van der Waals surface area contributed by atoms with Crippen LogP contribution < -0.4 is 0 Å². The molecule has 11 nitrogen and oxygen atoms in total. The van der Waals surface area contributed by atoms with Crippen LogP contribution in [0.1, 0.15) is 43.9 Å². The molecular weight excluding hydrogens is 625 g/mol. The molecule has 1 unspecified atom stereocenters. The molecule has 0 bridgehead atoms. The van der Waals surface area contributed by atoms with Crippen LogP contribution in [0.15, 0.2) is 30.7 Å². The number of carbonyl (C=O) groups is 3. The number of alkyl halides is 9. The van der Waals surface area contributed by atoms with Crippen molar-refractivity contribution in [3.05, 3.63) is 47.8 Å². The van der Waals surface area contributed by atoms with E-state index in [4.69, 9.17) is 34.7 Å². The van der Waals surface area contributed by atoms with Crippen LogP contribution >= 0.6 is 0 Å². The number of hydrogen-bond donors (Lipinski definition) is 3. The molecule has 0 spiro atoms. The molecule has 0 amide bonds. The average Bonchev–Trinajstić information content (AvgIpc) is 3.29. The van der Waals surface area contributed by atoms with Gasteiger partial charge in [0.1, 0.15) is 5.82 Å². The van der Waals surface area contributed by atoms with Gasteiger partial charge in [-0.05, 0) is 45.5 Å². The molecule has 1 aliphatic rings. The van der Waals surface area contributed by atoms with Crippen molar-refractivity contribution in [1.29, 1.82) is 0 Å². The highest BCUT2D eigenvalue weighted by molar-refractivity contribution is 5.73. The van der Waals surface area contributed by atoms with Crippen molar-refractivity contribution in [2.75, 3.05) is 13.6 Å². The van der Waals surface area contributed by atoms with E-state index >= 15 is 0 Å². The van der Waals surface area contributed by atoms with Crippen LogP contribution in [0.2, 0.25) is 0 Å². The second-order valence-electron chi connectivity index (χ2n) is 9.18.